The van der Waals surface area contributed by atoms with Gasteiger partial charge in [-0.25, -0.2) is 9.18 Å². The molecule has 3 aromatic carbocycles. The highest BCUT2D eigenvalue weighted by atomic mass is 35.5. The van der Waals surface area contributed by atoms with Crippen LogP contribution in [-0.4, -0.2) is 20.8 Å². The first-order chi connectivity index (χ1) is 16.4. The average Bonchev–Trinajstić information content (AvgIpc) is 3.23. The summed E-state index contributed by atoms with van der Waals surface area (Å²) in [6, 6.07) is 20.5. The van der Waals surface area contributed by atoms with Gasteiger partial charge in [0.15, 0.2) is 11.0 Å². The lowest BCUT2D eigenvalue weighted by molar-refractivity contribution is 0.249. The Kier molecular flexibility index (Phi) is 7.49. The molecule has 0 fully saturated rings. The number of aromatic nitrogens is 3. The maximum Gasteiger partial charge on any atom is 0.319 e. The number of benzene rings is 3. The first kappa shape index (κ1) is 23.8. The summed E-state index contributed by atoms with van der Waals surface area (Å²) in [7, 11) is 0. The van der Waals surface area contributed by atoms with E-state index in [0.717, 1.165) is 16.8 Å². The summed E-state index contributed by atoms with van der Waals surface area (Å²) in [5.74, 6) is 0.919. The molecule has 0 aliphatic heterocycles. The van der Waals surface area contributed by atoms with Gasteiger partial charge in [0.2, 0.25) is 0 Å². The second-order valence-corrected chi connectivity index (χ2v) is 9.14. The molecule has 2 amide bonds. The quantitative estimate of drug-likeness (QED) is 0.285. The van der Waals surface area contributed by atoms with Crippen molar-refractivity contribution in [1.82, 2.24) is 20.1 Å². The fourth-order valence-corrected chi connectivity index (χ4v) is 4.42. The third kappa shape index (κ3) is 5.95. The van der Waals surface area contributed by atoms with Gasteiger partial charge in [0.1, 0.15) is 5.82 Å². The minimum atomic E-state index is -0.437. The topological polar surface area (TPSA) is 71.8 Å². The molecule has 0 bridgehead atoms. The van der Waals surface area contributed by atoms with Crippen LogP contribution in [0.25, 0.3) is 5.69 Å². The van der Waals surface area contributed by atoms with Crippen LogP contribution in [0, 0.1) is 12.7 Å². The second kappa shape index (κ2) is 10.7. The van der Waals surface area contributed by atoms with E-state index >= 15 is 0 Å². The van der Waals surface area contributed by atoms with Gasteiger partial charge in [-0.2, -0.15) is 0 Å². The Bertz CT molecular complexity index is 1280. The monoisotopic (exact) mass is 495 g/mol. The number of halogens is 2. The van der Waals surface area contributed by atoms with Crippen LogP contribution in [-0.2, 0) is 5.75 Å². The predicted octanol–water partition coefficient (Wildman–Crippen LogP) is 6.54. The summed E-state index contributed by atoms with van der Waals surface area (Å²) in [6.07, 6.45) is 0. The van der Waals surface area contributed by atoms with E-state index < -0.39 is 6.04 Å². The van der Waals surface area contributed by atoms with Gasteiger partial charge in [-0.05, 0) is 61.9 Å². The number of carbonyl (C=O) groups excluding carboxylic acids is 1. The number of carbonyl (C=O) groups is 1. The Hall–Kier alpha value is -3.36. The average molecular weight is 496 g/mol. The highest BCUT2D eigenvalue weighted by Gasteiger charge is 2.21. The van der Waals surface area contributed by atoms with E-state index in [-0.39, 0.29) is 11.8 Å². The van der Waals surface area contributed by atoms with Gasteiger partial charge in [-0.1, -0.05) is 59.3 Å². The van der Waals surface area contributed by atoms with E-state index in [1.165, 1.54) is 23.9 Å². The number of aryl methyl sites for hydroxylation is 1. The predicted molar refractivity (Wildman–Crippen MR) is 134 cm³/mol. The molecule has 0 aliphatic rings. The molecule has 6 nitrogen and oxygen atoms in total. The molecule has 0 radical (unpaired) electrons. The SMILES string of the molecule is Cc1ccc(-n2c(SCc3ccc(F)cc3)nnc2C(C)NC(=O)Nc2cccc(Cl)c2)cc1. The number of anilines is 1. The molecule has 4 aromatic rings. The summed E-state index contributed by atoms with van der Waals surface area (Å²) in [4.78, 5) is 12.6. The largest absolute Gasteiger partial charge is 0.328 e. The zero-order valence-electron chi connectivity index (χ0n) is 18.6. The van der Waals surface area contributed by atoms with E-state index in [2.05, 4.69) is 20.8 Å². The minimum absolute atomic E-state index is 0.269. The van der Waals surface area contributed by atoms with Crippen LogP contribution in [0.4, 0.5) is 14.9 Å². The van der Waals surface area contributed by atoms with E-state index in [9.17, 15) is 9.18 Å². The Balaban J connectivity index is 1.56. The Morgan fingerprint density at radius 2 is 1.82 bits per heavy atom. The van der Waals surface area contributed by atoms with E-state index in [1.807, 2.05) is 42.7 Å². The number of urea groups is 1. The summed E-state index contributed by atoms with van der Waals surface area (Å²) < 4.78 is 15.2. The van der Waals surface area contributed by atoms with Gasteiger partial charge in [0.05, 0.1) is 6.04 Å². The summed E-state index contributed by atoms with van der Waals surface area (Å²) in [6.45, 7) is 3.87. The first-order valence-corrected chi connectivity index (χ1v) is 12.0. The molecule has 0 saturated heterocycles. The lowest BCUT2D eigenvalue weighted by Gasteiger charge is -2.17. The van der Waals surface area contributed by atoms with E-state index in [1.54, 1.807) is 36.4 Å². The maximum atomic E-state index is 13.2. The molecule has 0 saturated carbocycles. The Labute approximate surface area is 206 Å². The maximum absolute atomic E-state index is 13.2. The highest BCUT2D eigenvalue weighted by Crippen LogP contribution is 2.28. The number of nitrogens with zero attached hydrogens (tertiary/aromatic N) is 3. The normalized spacial score (nSPS) is 11.8. The van der Waals surface area contributed by atoms with Crippen molar-refractivity contribution in [2.75, 3.05) is 5.32 Å². The third-order valence-corrected chi connectivity index (χ3v) is 6.28. The molecular weight excluding hydrogens is 473 g/mol. The van der Waals surface area contributed by atoms with Crippen molar-refractivity contribution in [3.8, 4) is 5.69 Å². The van der Waals surface area contributed by atoms with Crippen LogP contribution >= 0.6 is 23.4 Å². The van der Waals surface area contributed by atoms with Gasteiger partial charge in [0, 0.05) is 22.2 Å². The van der Waals surface area contributed by atoms with Crippen LogP contribution in [0.3, 0.4) is 0 Å². The smallest absolute Gasteiger partial charge is 0.319 e. The van der Waals surface area contributed by atoms with Crippen LogP contribution in [0.5, 0.6) is 0 Å². The summed E-state index contributed by atoms with van der Waals surface area (Å²) in [5.41, 5.74) is 3.58. The Morgan fingerprint density at radius 1 is 1.09 bits per heavy atom. The van der Waals surface area contributed by atoms with Crippen LogP contribution in [0.15, 0.2) is 78.0 Å². The van der Waals surface area contributed by atoms with Crippen molar-refractivity contribution >= 4 is 35.1 Å². The van der Waals surface area contributed by atoms with E-state index in [0.29, 0.717) is 27.4 Å². The molecule has 0 spiro atoms. The molecule has 1 atom stereocenters. The van der Waals surface area contributed by atoms with Gasteiger partial charge < -0.3 is 10.6 Å². The molecule has 0 aliphatic carbocycles. The van der Waals surface area contributed by atoms with Crippen molar-refractivity contribution in [1.29, 1.82) is 0 Å². The fourth-order valence-electron chi connectivity index (χ4n) is 3.31. The molecular formula is C25H23ClFN5OS. The lowest BCUT2D eigenvalue weighted by Crippen LogP contribution is -2.32. The molecule has 9 heteroatoms. The van der Waals surface area contributed by atoms with Crippen LogP contribution < -0.4 is 10.6 Å². The van der Waals surface area contributed by atoms with Crippen molar-refractivity contribution in [2.45, 2.75) is 30.8 Å². The van der Waals surface area contributed by atoms with Gasteiger partial charge in [0.25, 0.3) is 0 Å². The zero-order valence-corrected chi connectivity index (χ0v) is 20.2. The molecule has 34 heavy (non-hydrogen) atoms. The number of hydrogen-bond donors (Lipinski definition) is 2. The number of hydrogen-bond acceptors (Lipinski definition) is 4. The molecule has 1 heterocycles. The number of rotatable bonds is 7. The first-order valence-electron chi connectivity index (χ1n) is 10.6. The highest BCUT2D eigenvalue weighted by molar-refractivity contribution is 7.98. The van der Waals surface area contributed by atoms with Crippen LogP contribution in [0.1, 0.15) is 29.9 Å². The Morgan fingerprint density at radius 3 is 2.53 bits per heavy atom. The lowest BCUT2D eigenvalue weighted by atomic mass is 10.2. The second-order valence-electron chi connectivity index (χ2n) is 7.76. The van der Waals surface area contributed by atoms with Crippen molar-refractivity contribution in [3.63, 3.8) is 0 Å². The van der Waals surface area contributed by atoms with Gasteiger partial charge in [-0.15, -0.1) is 10.2 Å². The molecule has 1 aromatic heterocycles. The summed E-state index contributed by atoms with van der Waals surface area (Å²) in [5, 5.41) is 15.7. The van der Waals surface area contributed by atoms with Gasteiger partial charge >= 0.3 is 6.03 Å². The fraction of sp³-hybridized carbons (Fsp3) is 0.160. The molecule has 2 N–H and O–H groups in total. The third-order valence-electron chi connectivity index (χ3n) is 5.05. The van der Waals surface area contributed by atoms with E-state index in [4.69, 9.17) is 11.6 Å². The van der Waals surface area contributed by atoms with Crippen molar-refractivity contribution < 1.29 is 9.18 Å². The van der Waals surface area contributed by atoms with Crippen molar-refractivity contribution in [3.05, 3.63) is 101 Å². The van der Waals surface area contributed by atoms with Crippen molar-refractivity contribution in [2.24, 2.45) is 0 Å². The molecule has 4 rings (SSSR count). The molecule has 174 valence electrons. The summed E-state index contributed by atoms with van der Waals surface area (Å²) >= 11 is 7.49. The standard InChI is InChI=1S/C25H23ClFN5OS/c1-16-6-12-22(13-7-16)32-23(17(2)28-24(33)29-21-5-3-4-19(26)14-21)30-31-25(32)34-15-18-8-10-20(27)11-9-18/h3-14,17H,15H2,1-2H3,(H2,28,29,33). The van der Waals surface area contributed by atoms with Gasteiger partial charge in [-0.3, -0.25) is 4.57 Å². The number of thioether (sulfide) groups is 1. The minimum Gasteiger partial charge on any atom is -0.328 e. The zero-order chi connectivity index (χ0) is 24.1. The number of amides is 2. The molecule has 1 unspecified atom stereocenters. The van der Waals surface area contributed by atoms with Crippen LogP contribution in [0.2, 0.25) is 5.02 Å². The number of nitrogens with one attached hydrogen (secondary N) is 2.